The third-order valence-electron chi connectivity index (χ3n) is 5.68. The Morgan fingerprint density at radius 3 is 2.81 bits per heavy atom. The molecule has 7 heteroatoms. The third kappa shape index (κ3) is 3.16. The lowest BCUT2D eigenvalue weighted by atomic mass is 9.91. The number of fused-ring (bicyclic) bond motifs is 1. The Morgan fingerprint density at radius 2 is 2.12 bits per heavy atom. The summed E-state index contributed by atoms with van der Waals surface area (Å²) in [4.78, 5) is 15.1. The van der Waals surface area contributed by atoms with Crippen LogP contribution in [-0.2, 0) is 24.6 Å². The van der Waals surface area contributed by atoms with Gasteiger partial charge in [-0.05, 0) is 45.1 Å². The number of piperidine rings is 1. The summed E-state index contributed by atoms with van der Waals surface area (Å²) in [5.41, 5.74) is 3.91. The van der Waals surface area contributed by atoms with E-state index in [1.54, 1.807) is 6.20 Å². The Balaban J connectivity index is 1.45. The van der Waals surface area contributed by atoms with Gasteiger partial charge in [0.05, 0.1) is 17.9 Å². The first-order valence-electron chi connectivity index (χ1n) is 9.51. The smallest absolute Gasteiger partial charge is 0.274 e. The number of H-pyrrole nitrogens is 1. The van der Waals surface area contributed by atoms with Crippen molar-refractivity contribution in [3.8, 4) is 0 Å². The van der Waals surface area contributed by atoms with Gasteiger partial charge in [-0.1, -0.05) is 0 Å². The monoisotopic (exact) mass is 357 g/mol. The van der Waals surface area contributed by atoms with Gasteiger partial charge in [0.25, 0.3) is 5.91 Å². The number of nitrogens with one attached hydrogen (secondary N) is 1. The van der Waals surface area contributed by atoms with Gasteiger partial charge in [0.2, 0.25) is 0 Å². The zero-order chi connectivity index (χ0) is 18.3. The number of ether oxygens (including phenoxy) is 1. The lowest BCUT2D eigenvalue weighted by Crippen LogP contribution is -2.39. The van der Waals surface area contributed by atoms with Crippen LogP contribution in [0, 0.1) is 5.92 Å². The maximum Gasteiger partial charge on any atom is 0.274 e. The molecule has 0 unspecified atom stereocenters. The molecule has 0 bridgehead atoms. The number of aromatic nitrogens is 4. The van der Waals surface area contributed by atoms with Crippen LogP contribution in [0.25, 0.3) is 0 Å². The highest BCUT2D eigenvalue weighted by Crippen LogP contribution is 2.32. The molecule has 2 aromatic rings. The van der Waals surface area contributed by atoms with Gasteiger partial charge >= 0.3 is 0 Å². The van der Waals surface area contributed by atoms with Crippen LogP contribution in [0.3, 0.4) is 0 Å². The lowest BCUT2D eigenvalue weighted by Gasteiger charge is -2.32. The predicted molar refractivity (Wildman–Crippen MR) is 96.8 cm³/mol. The molecule has 140 valence electrons. The molecule has 2 aliphatic rings. The van der Waals surface area contributed by atoms with Crippen LogP contribution >= 0.6 is 0 Å². The maximum absolute atomic E-state index is 13.1. The predicted octanol–water partition coefficient (Wildman–Crippen LogP) is 2.26. The molecule has 4 rings (SSSR count). The number of hydrogen-bond donors (Lipinski definition) is 1. The highest BCUT2D eigenvalue weighted by molar-refractivity contribution is 5.94. The first-order chi connectivity index (χ1) is 12.5. The molecule has 2 aliphatic heterocycles. The normalized spacial score (nSPS) is 23.9. The molecule has 2 aromatic heterocycles. The molecule has 0 radical (unpaired) electrons. The molecule has 7 nitrogen and oxygen atoms in total. The first kappa shape index (κ1) is 17.3. The van der Waals surface area contributed by atoms with E-state index in [0.29, 0.717) is 11.6 Å². The summed E-state index contributed by atoms with van der Waals surface area (Å²) in [5, 5.41) is 11.6. The zero-order valence-corrected chi connectivity index (χ0v) is 15.7. The number of carbonyl (C=O) groups is 1. The van der Waals surface area contributed by atoms with Crippen molar-refractivity contribution in [3.63, 3.8) is 0 Å². The highest BCUT2D eigenvalue weighted by atomic mass is 16.5. The average Bonchev–Trinajstić information content (AvgIpc) is 3.23. The third-order valence-corrected chi connectivity index (χ3v) is 5.68. The van der Waals surface area contributed by atoms with Crippen molar-refractivity contribution in [1.82, 2.24) is 24.9 Å². The fourth-order valence-electron chi connectivity index (χ4n) is 4.41. The van der Waals surface area contributed by atoms with Crippen LogP contribution in [0.5, 0.6) is 0 Å². The Morgan fingerprint density at radius 1 is 1.35 bits per heavy atom. The number of nitrogens with zero attached hydrogens (tertiary/aromatic N) is 4. The van der Waals surface area contributed by atoms with Gasteiger partial charge in [-0.25, -0.2) is 0 Å². The molecule has 1 N–H and O–H groups in total. The first-order valence-corrected chi connectivity index (χ1v) is 9.51. The number of aryl methyl sites for hydroxylation is 1. The second kappa shape index (κ2) is 6.87. The van der Waals surface area contributed by atoms with Gasteiger partial charge in [0, 0.05) is 44.0 Å². The van der Waals surface area contributed by atoms with Gasteiger partial charge in [-0.15, -0.1) is 0 Å². The van der Waals surface area contributed by atoms with Crippen LogP contribution in [0.15, 0.2) is 12.3 Å². The number of amides is 1. The molecular formula is C19H27N5O2. The van der Waals surface area contributed by atoms with Crippen molar-refractivity contribution in [2.75, 3.05) is 13.1 Å². The second-order valence-corrected chi connectivity index (χ2v) is 7.65. The number of carbonyl (C=O) groups excluding carboxylic acids is 1. The van der Waals surface area contributed by atoms with Crippen LogP contribution in [0.4, 0.5) is 0 Å². The Hall–Kier alpha value is -2.15. The highest BCUT2D eigenvalue weighted by Gasteiger charge is 2.34. The van der Waals surface area contributed by atoms with E-state index in [4.69, 9.17) is 4.74 Å². The molecule has 26 heavy (non-hydrogen) atoms. The Labute approximate surface area is 153 Å². The minimum Gasteiger partial charge on any atom is -0.369 e. The van der Waals surface area contributed by atoms with Crippen molar-refractivity contribution in [2.24, 2.45) is 13.0 Å². The summed E-state index contributed by atoms with van der Waals surface area (Å²) in [6, 6.07) is 2.03. The van der Waals surface area contributed by atoms with Crippen molar-refractivity contribution in [1.29, 1.82) is 0 Å². The van der Waals surface area contributed by atoms with Crippen molar-refractivity contribution in [2.45, 2.75) is 51.7 Å². The van der Waals surface area contributed by atoms with Gasteiger partial charge in [0.1, 0.15) is 0 Å². The molecule has 1 amide bonds. The summed E-state index contributed by atoms with van der Waals surface area (Å²) in [5.74, 6) is 0.675. The molecule has 2 atom stereocenters. The number of hydrogen-bond acceptors (Lipinski definition) is 4. The van der Waals surface area contributed by atoms with E-state index in [1.807, 2.05) is 29.6 Å². The topological polar surface area (TPSA) is 76.0 Å². The van der Waals surface area contributed by atoms with E-state index >= 15 is 0 Å². The van der Waals surface area contributed by atoms with Gasteiger partial charge in [-0.2, -0.15) is 10.2 Å². The SMILES string of the molecule is C[C@@H]1Cc2c(C(=O)N3CCC(Cc4ccn[nH]4)CC3)nn(C)c2[C@H](C)O1. The van der Waals surface area contributed by atoms with E-state index in [-0.39, 0.29) is 18.1 Å². The van der Waals surface area contributed by atoms with E-state index in [2.05, 4.69) is 22.2 Å². The van der Waals surface area contributed by atoms with Crippen molar-refractivity contribution in [3.05, 3.63) is 34.9 Å². The summed E-state index contributed by atoms with van der Waals surface area (Å²) in [6.45, 7) is 5.68. The van der Waals surface area contributed by atoms with Gasteiger partial charge in [0.15, 0.2) is 5.69 Å². The number of likely N-dealkylation sites (tertiary alicyclic amines) is 1. The molecule has 0 aromatic carbocycles. The minimum atomic E-state index is -0.0204. The molecular weight excluding hydrogens is 330 g/mol. The second-order valence-electron chi connectivity index (χ2n) is 7.65. The molecule has 0 aliphatic carbocycles. The molecule has 1 saturated heterocycles. The van der Waals surface area contributed by atoms with E-state index in [0.717, 1.165) is 50.0 Å². The number of rotatable bonds is 3. The molecule has 0 spiro atoms. The largest absolute Gasteiger partial charge is 0.369 e. The van der Waals surface area contributed by atoms with Crippen LogP contribution in [0.2, 0.25) is 0 Å². The minimum absolute atomic E-state index is 0.0204. The summed E-state index contributed by atoms with van der Waals surface area (Å²) >= 11 is 0. The van der Waals surface area contributed by atoms with Crippen molar-refractivity contribution < 1.29 is 9.53 Å². The molecule has 4 heterocycles. The fraction of sp³-hybridized carbons (Fsp3) is 0.632. The maximum atomic E-state index is 13.1. The quantitative estimate of drug-likeness (QED) is 0.914. The zero-order valence-electron chi connectivity index (χ0n) is 15.7. The van der Waals surface area contributed by atoms with Gasteiger partial charge < -0.3 is 9.64 Å². The van der Waals surface area contributed by atoms with Gasteiger partial charge in [-0.3, -0.25) is 14.6 Å². The molecule has 1 fully saturated rings. The van der Waals surface area contributed by atoms with Crippen molar-refractivity contribution >= 4 is 5.91 Å². The fourth-order valence-corrected chi connectivity index (χ4v) is 4.41. The van der Waals surface area contributed by atoms with E-state index in [1.165, 1.54) is 5.69 Å². The van der Waals surface area contributed by atoms with Crippen LogP contribution in [0.1, 0.15) is 60.2 Å². The average molecular weight is 357 g/mol. The summed E-state index contributed by atoms with van der Waals surface area (Å²) < 4.78 is 7.73. The molecule has 0 saturated carbocycles. The van der Waals surface area contributed by atoms with E-state index in [9.17, 15) is 4.79 Å². The summed E-state index contributed by atoms with van der Waals surface area (Å²) in [7, 11) is 1.90. The summed E-state index contributed by atoms with van der Waals surface area (Å²) in [6.07, 6.45) is 5.70. The number of aromatic amines is 1. The standard InChI is InChI=1S/C19H27N5O2/c1-12-10-16-17(22-23(3)18(16)13(2)26-12)19(25)24-8-5-14(6-9-24)11-15-4-7-20-21-15/h4,7,12-14H,5-6,8-11H2,1-3H3,(H,20,21)/t12-,13+/m1/s1. The van der Waals surface area contributed by atoms with Crippen LogP contribution in [-0.4, -0.2) is 50.0 Å². The van der Waals surface area contributed by atoms with E-state index < -0.39 is 0 Å². The van der Waals surface area contributed by atoms with Crippen LogP contribution < -0.4 is 0 Å². The lowest BCUT2D eigenvalue weighted by molar-refractivity contribution is -0.00907. The Kier molecular flexibility index (Phi) is 4.56. The Bertz CT molecular complexity index is 774.